The van der Waals surface area contributed by atoms with Crippen molar-refractivity contribution in [1.29, 1.82) is 0 Å². The number of carboxylic acid groups (broad SMARTS) is 2. The number of carboxylic acids is 2. The number of H-pyrrole nitrogens is 2. The Morgan fingerprint density at radius 3 is 1.36 bits per heavy atom. The topological polar surface area (TPSA) is 190 Å². The summed E-state index contributed by atoms with van der Waals surface area (Å²) in [4.78, 5) is 47.4. The Kier molecular flexibility index (Phi) is 8.15. The molecule has 0 radical (unpaired) electrons. The number of methoxy groups -OCH3 is 2. The minimum Gasteiger partial charge on any atom is -0.491 e. The summed E-state index contributed by atoms with van der Waals surface area (Å²) in [7, 11) is 2.68. The number of rotatable bonds is 4. The lowest BCUT2D eigenvalue weighted by molar-refractivity contribution is 0.0679. The van der Waals surface area contributed by atoms with Crippen LogP contribution >= 0.6 is 0 Å². The second-order valence-corrected chi connectivity index (χ2v) is 4.17. The van der Waals surface area contributed by atoms with Crippen molar-refractivity contribution in [2.75, 3.05) is 14.2 Å². The van der Waals surface area contributed by atoms with E-state index in [0.717, 1.165) is 12.1 Å². The highest BCUT2D eigenvalue weighted by Crippen LogP contribution is 2.00. The van der Waals surface area contributed by atoms with Crippen molar-refractivity contribution in [2.45, 2.75) is 0 Å². The Morgan fingerprint density at radius 1 is 0.840 bits per heavy atom. The van der Waals surface area contributed by atoms with Crippen molar-refractivity contribution < 1.29 is 34.8 Å². The van der Waals surface area contributed by atoms with Crippen LogP contribution in [0, 0.1) is 0 Å². The number of aromatic carboxylic acids is 2. The van der Waals surface area contributed by atoms with Crippen molar-refractivity contribution in [1.82, 2.24) is 9.97 Å². The molecule has 0 aliphatic heterocycles. The summed E-state index contributed by atoms with van der Waals surface area (Å²) in [6, 6.07) is 1.95. The van der Waals surface area contributed by atoms with Crippen molar-refractivity contribution in [3.05, 3.63) is 56.4 Å². The van der Waals surface area contributed by atoms with E-state index in [9.17, 15) is 19.2 Å². The molecule has 0 atom stereocenters. The predicted octanol–water partition coefficient (Wildman–Crippen LogP) is -0.661. The summed E-state index contributed by atoms with van der Waals surface area (Å²) in [5.41, 5.74) is -1.20. The first-order valence-electron chi connectivity index (χ1n) is 6.30. The molecule has 11 nitrogen and oxygen atoms in total. The molecule has 0 aliphatic rings. The lowest BCUT2D eigenvalue weighted by atomic mass is 10.3. The molecule has 0 aliphatic carbocycles. The Hall–Kier alpha value is -3.60. The maximum atomic E-state index is 11.0. The standard InChI is InChI=1S/2C7H7NO4.H2O/c2*1-12-6-3-8-4(7(10)11)2-5(6)9;/h2*2-3H,1H3,(H,8,9)(H,10,11);1H2. The highest BCUT2D eigenvalue weighted by atomic mass is 16.5. The average molecular weight is 356 g/mol. The van der Waals surface area contributed by atoms with E-state index in [1.165, 1.54) is 26.6 Å². The van der Waals surface area contributed by atoms with Gasteiger partial charge in [0.1, 0.15) is 11.4 Å². The predicted molar refractivity (Wildman–Crippen MR) is 84.8 cm³/mol. The van der Waals surface area contributed by atoms with Gasteiger partial charge in [0.15, 0.2) is 11.5 Å². The Bertz CT molecular complexity index is 782. The van der Waals surface area contributed by atoms with E-state index in [4.69, 9.17) is 10.2 Å². The molecule has 0 bridgehead atoms. The molecule has 2 aromatic rings. The quantitative estimate of drug-likeness (QED) is 0.554. The molecule has 0 spiro atoms. The third-order valence-corrected chi connectivity index (χ3v) is 2.65. The van der Waals surface area contributed by atoms with Gasteiger partial charge in [-0.3, -0.25) is 9.59 Å². The molecule has 2 aromatic heterocycles. The van der Waals surface area contributed by atoms with Crippen LogP contribution in [0.25, 0.3) is 0 Å². The molecule has 0 saturated carbocycles. The molecule has 6 N–H and O–H groups in total. The maximum absolute atomic E-state index is 11.0. The fraction of sp³-hybridized carbons (Fsp3) is 0.143. The summed E-state index contributed by atoms with van der Waals surface area (Å²) in [5, 5.41) is 16.9. The van der Waals surface area contributed by atoms with E-state index >= 15 is 0 Å². The van der Waals surface area contributed by atoms with Crippen LogP contribution in [0.4, 0.5) is 0 Å². The van der Waals surface area contributed by atoms with Gasteiger partial charge >= 0.3 is 11.9 Å². The first-order valence-corrected chi connectivity index (χ1v) is 6.30. The molecule has 2 heterocycles. The lowest BCUT2D eigenvalue weighted by Crippen LogP contribution is -2.10. The van der Waals surface area contributed by atoms with E-state index in [0.29, 0.717) is 0 Å². The van der Waals surface area contributed by atoms with Crippen LogP contribution in [0.3, 0.4) is 0 Å². The van der Waals surface area contributed by atoms with Gasteiger partial charge in [-0.1, -0.05) is 0 Å². The van der Waals surface area contributed by atoms with Crippen molar-refractivity contribution in [3.8, 4) is 11.5 Å². The van der Waals surface area contributed by atoms with Crippen molar-refractivity contribution >= 4 is 11.9 Å². The molecule has 25 heavy (non-hydrogen) atoms. The van der Waals surface area contributed by atoms with E-state index in [2.05, 4.69) is 19.4 Å². The van der Waals surface area contributed by atoms with Crippen molar-refractivity contribution in [2.24, 2.45) is 0 Å². The van der Waals surface area contributed by atoms with Gasteiger partial charge in [-0.25, -0.2) is 9.59 Å². The zero-order valence-electron chi connectivity index (χ0n) is 13.2. The number of nitrogens with one attached hydrogen (secondary N) is 2. The first kappa shape index (κ1) is 21.4. The summed E-state index contributed by atoms with van der Waals surface area (Å²) >= 11 is 0. The number of aromatic nitrogens is 2. The third kappa shape index (κ3) is 5.84. The number of ether oxygens (including phenoxy) is 2. The highest BCUT2D eigenvalue weighted by molar-refractivity contribution is 5.85. The van der Waals surface area contributed by atoms with E-state index in [-0.39, 0.29) is 28.4 Å². The van der Waals surface area contributed by atoms with Crippen LogP contribution < -0.4 is 20.3 Å². The molecule has 11 heteroatoms. The number of aromatic amines is 2. The zero-order chi connectivity index (χ0) is 18.3. The number of hydrogen-bond acceptors (Lipinski definition) is 6. The van der Waals surface area contributed by atoms with E-state index in [1.807, 2.05) is 0 Å². The minimum absolute atomic E-state index is 0. The van der Waals surface area contributed by atoms with Gasteiger partial charge in [0, 0.05) is 24.5 Å². The average Bonchev–Trinajstić information content (AvgIpc) is 2.55. The summed E-state index contributed by atoms with van der Waals surface area (Å²) in [5.74, 6) is -2.15. The van der Waals surface area contributed by atoms with Gasteiger partial charge < -0.3 is 35.1 Å². The SMILES string of the molecule is COc1c[nH]c(C(=O)O)cc1=O.COc1c[nH]c(C(=O)O)cc1=O.O. The monoisotopic (exact) mass is 356 g/mol. The third-order valence-electron chi connectivity index (χ3n) is 2.65. The van der Waals surface area contributed by atoms with Gasteiger partial charge in [-0.2, -0.15) is 0 Å². The molecule has 0 aromatic carbocycles. The van der Waals surface area contributed by atoms with Gasteiger partial charge in [-0.05, 0) is 0 Å². The molecular formula is C14H16N2O9. The summed E-state index contributed by atoms with van der Waals surface area (Å²) < 4.78 is 9.29. The Labute approximate surface area is 139 Å². The lowest BCUT2D eigenvalue weighted by Gasteiger charge is -1.98. The second kappa shape index (κ2) is 9.52. The van der Waals surface area contributed by atoms with E-state index < -0.39 is 22.8 Å². The molecule has 136 valence electrons. The normalized spacial score (nSPS) is 9.04. The number of pyridine rings is 2. The van der Waals surface area contributed by atoms with Crippen LogP contribution in [0.15, 0.2) is 34.1 Å². The largest absolute Gasteiger partial charge is 0.491 e. The molecular weight excluding hydrogens is 340 g/mol. The number of hydrogen-bond donors (Lipinski definition) is 4. The smallest absolute Gasteiger partial charge is 0.352 e. The molecule has 0 saturated heterocycles. The second-order valence-electron chi connectivity index (χ2n) is 4.17. The molecule has 0 amide bonds. The molecule has 2 rings (SSSR count). The first-order chi connectivity index (χ1) is 11.3. The van der Waals surface area contributed by atoms with Crippen LogP contribution in [0.1, 0.15) is 21.0 Å². The van der Waals surface area contributed by atoms with E-state index in [1.54, 1.807) is 0 Å². The highest BCUT2D eigenvalue weighted by Gasteiger charge is 2.06. The summed E-state index contributed by atoms with van der Waals surface area (Å²) in [6.07, 6.45) is 2.43. The fourth-order valence-corrected chi connectivity index (χ4v) is 1.48. The fourth-order valence-electron chi connectivity index (χ4n) is 1.48. The minimum atomic E-state index is -1.17. The molecule has 0 fully saturated rings. The maximum Gasteiger partial charge on any atom is 0.352 e. The zero-order valence-corrected chi connectivity index (χ0v) is 13.2. The van der Waals surface area contributed by atoms with Gasteiger partial charge in [0.25, 0.3) is 0 Å². The van der Waals surface area contributed by atoms with Gasteiger partial charge in [0.05, 0.1) is 14.2 Å². The Morgan fingerprint density at radius 2 is 1.16 bits per heavy atom. The van der Waals surface area contributed by atoms with Crippen LogP contribution in [-0.2, 0) is 0 Å². The van der Waals surface area contributed by atoms with Crippen LogP contribution in [0.5, 0.6) is 11.5 Å². The summed E-state index contributed by atoms with van der Waals surface area (Å²) in [6.45, 7) is 0. The van der Waals surface area contributed by atoms with Crippen LogP contribution in [-0.4, -0.2) is 51.8 Å². The molecule has 0 unspecified atom stereocenters. The van der Waals surface area contributed by atoms with Gasteiger partial charge in [0.2, 0.25) is 10.9 Å². The van der Waals surface area contributed by atoms with Crippen LogP contribution in [0.2, 0.25) is 0 Å². The number of carbonyl (C=O) groups is 2. The van der Waals surface area contributed by atoms with Crippen molar-refractivity contribution in [3.63, 3.8) is 0 Å². The Balaban J connectivity index is 0.000000443. The van der Waals surface area contributed by atoms with Gasteiger partial charge in [-0.15, -0.1) is 0 Å².